The van der Waals surface area contributed by atoms with Crippen molar-refractivity contribution in [3.8, 4) is 0 Å². The van der Waals surface area contributed by atoms with Gasteiger partial charge in [0.05, 0.1) is 4.92 Å². The Hall–Kier alpha value is -1.13. The zero-order valence-corrected chi connectivity index (χ0v) is 10.2. The molecular formula is C12H15ClN2O2. The fraction of sp³-hybridized carbons (Fsp3) is 0.500. The van der Waals surface area contributed by atoms with E-state index in [9.17, 15) is 10.1 Å². The smallest absolute Gasteiger partial charge is 0.269 e. The molecule has 0 saturated carbocycles. The molecule has 3 unspecified atom stereocenters. The lowest BCUT2D eigenvalue weighted by molar-refractivity contribution is -0.384. The van der Waals surface area contributed by atoms with Gasteiger partial charge in [-0.15, -0.1) is 12.4 Å². The van der Waals surface area contributed by atoms with Crippen molar-refractivity contribution in [2.75, 3.05) is 0 Å². The zero-order chi connectivity index (χ0) is 11.1. The molecule has 17 heavy (non-hydrogen) atoms. The van der Waals surface area contributed by atoms with Crippen molar-refractivity contribution in [1.29, 1.82) is 0 Å². The first-order valence-electron chi connectivity index (χ1n) is 5.74. The van der Waals surface area contributed by atoms with Crippen LogP contribution < -0.4 is 5.32 Å². The normalized spacial score (nSPS) is 30.0. The second-order valence-corrected chi connectivity index (χ2v) is 4.74. The third kappa shape index (κ3) is 2.15. The standard InChI is InChI=1S/C12H14N2O2.ClH/c15-14(16)10-4-1-8(2-5-10)11-7-9-3-6-12(11)13-9;/h1-2,4-5,9,11-13H,3,6-7H2;1H. The molecule has 0 aromatic heterocycles. The van der Waals surface area contributed by atoms with Gasteiger partial charge in [-0.05, 0) is 24.8 Å². The van der Waals surface area contributed by atoms with E-state index < -0.39 is 0 Å². The third-order valence-corrected chi connectivity index (χ3v) is 3.83. The SMILES string of the molecule is Cl.O=[N+]([O-])c1ccc(C2CC3CCC2N3)cc1. The van der Waals surface area contributed by atoms with Gasteiger partial charge < -0.3 is 5.32 Å². The van der Waals surface area contributed by atoms with Crippen LogP contribution in [0.2, 0.25) is 0 Å². The fourth-order valence-corrected chi connectivity index (χ4v) is 3.04. The van der Waals surface area contributed by atoms with Gasteiger partial charge in [-0.25, -0.2) is 0 Å². The predicted octanol–water partition coefficient (Wildman–Crippen LogP) is 2.62. The molecule has 0 aliphatic carbocycles. The highest BCUT2D eigenvalue weighted by Gasteiger charge is 2.39. The Labute approximate surface area is 106 Å². The number of halogens is 1. The second-order valence-electron chi connectivity index (χ2n) is 4.74. The molecule has 2 bridgehead atoms. The first-order valence-corrected chi connectivity index (χ1v) is 5.74. The molecule has 2 saturated heterocycles. The van der Waals surface area contributed by atoms with Crippen molar-refractivity contribution in [1.82, 2.24) is 5.32 Å². The van der Waals surface area contributed by atoms with E-state index in [4.69, 9.17) is 0 Å². The quantitative estimate of drug-likeness (QED) is 0.652. The highest BCUT2D eigenvalue weighted by atomic mass is 35.5. The lowest BCUT2D eigenvalue weighted by atomic mass is 9.84. The number of nitro groups is 1. The summed E-state index contributed by atoms with van der Waals surface area (Å²) in [5, 5.41) is 14.1. The van der Waals surface area contributed by atoms with Gasteiger partial charge in [0.15, 0.2) is 0 Å². The van der Waals surface area contributed by atoms with Gasteiger partial charge in [-0.3, -0.25) is 10.1 Å². The molecule has 0 spiro atoms. The van der Waals surface area contributed by atoms with Gasteiger partial charge in [0.1, 0.15) is 0 Å². The van der Waals surface area contributed by atoms with Crippen LogP contribution in [0.1, 0.15) is 30.7 Å². The first-order chi connectivity index (χ1) is 7.74. The molecule has 2 heterocycles. The minimum atomic E-state index is -0.344. The minimum absolute atomic E-state index is 0. The fourth-order valence-electron chi connectivity index (χ4n) is 3.04. The molecular weight excluding hydrogens is 240 g/mol. The summed E-state index contributed by atoms with van der Waals surface area (Å²) in [4.78, 5) is 10.2. The molecule has 2 fully saturated rings. The Balaban J connectivity index is 0.00000108. The Morgan fingerprint density at radius 1 is 1.24 bits per heavy atom. The summed E-state index contributed by atoms with van der Waals surface area (Å²) in [6, 6.07) is 8.30. The number of nitrogens with one attached hydrogen (secondary N) is 1. The number of non-ortho nitro benzene ring substituents is 1. The number of benzene rings is 1. The van der Waals surface area contributed by atoms with Crippen molar-refractivity contribution >= 4 is 18.1 Å². The Bertz CT molecular complexity index is 421. The zero-order valence-electron chi connectivity index (χ0n) is 9.33. The lowest BCUT2D eigenvalue weighted by Crippen LogP contribution is -2.21. The first kappa shape index (κ1) is 12.3. The molecule has 0 amide bonds. The van der Waals surface area contributed by atoms with Crippen LogP contribution in [-0.2, 0) is 0 Å². The van der Waals surface area contributed by atoms with Gasteiger partial charge in [0, 0.05) is 30.1 Å². The van der Waals surface area contributed by atoms with E-state index in [0.717, 1.165) is 0 Å². The van der Waals surface area contributed by atoms with E-state index in [1.807, 2.05) is 12.1 Å². The van der Waals surface area contributed by atoms with E-state index in [1.165, 1.54) is 24.8 Å². The number of rotatable bonds is 2. The van der Waals surface area contributed by atoms with Gasteiger partial charge in [-0.2, -0.15) is 0 Å². The second kappa shape index (κ2) is 4.63. The highest BCUT2D eigenvalue weighted by Crippen LogP contribution is 2.40. The minimum Gasteiger partial charge on any atom is -0.311 e. The molecule has 4 nitrogen and oxygen atoms in total. The number of nitro benzene ring substituents is 1. The van der Waals surface area contributed by atoms with Gasteiger partial charge >= 0.3 is 0 Å². The number of hydrogen-bond donors (Lipinski definition) is 1. The molecule has 3 atom stereocenters. The predicted molar refractivity (Wildman–Crippen MR) is 67.6 cm³/mol. The van der Waals surface area contributed by atoms with Crippen molar-refractivity contribution in [2.24, 2.45) is 0 Å². The maximum absolute atomic E-state index is 10.6. The number of hydrogen-bond acceptors (Lipinski definition) is 3. The van der Waals surface area contributed by atoms with Crippen LogP contribution in [0.3, 0.4) is 0 Å². The summed E-state index contributed by atoms with van der Waals surface area (Å²) in [7, 11) is 0. The Morgan fingerprint density at radius 2 is 1.94 bits per heavy atom. The third-order valence-electron chi connectivity index (χ3n) is 3.83. The van der Waals surface area contributed by atoms with E-state index in [1.54, 1.807) is 12.1 Å². The molecule has 0 radical (unpaired) electrons. The van der Waals surface area contributed by atoms with Crippen LogP contribution in [0.15, 0.2) is 24.3 Å². The lowest BCUT2D eigenvalue weighted by Gasteiger charge is -2.20. The summed E-state index contributed by atoms with van der Waals surface area (Å²) in [5.74, 6) is 0.555. The van der Waals surface area contributed by atoms with E-state index >= 15 is 0 Å². The van der Waals surface area contributed by atoms with Gasteiger partial charge in [0.25, 0.3) is 5.69 Å². The summed E-state index contributed by atoms with van der Waals surface area (Å²) < 4.78 is 0. The maximum atomic E-state index is 10.6. The van der Waals surface area contributed by atoms with E-state index in [-0.39, 0.29) is 23.0 Å². The van der Waals surface area contributed by atoms with Crippen molar-refractivity contribution in [3.63, 3.8) is 0 Å². The highest BCUT2D eigenvalue weighted by molar-refractivity contribution is 5.85. The maximum Gasteiger partial charge on any atom is 0.269 e. The van der Waals surface area contributed by atoms with Crippen LogP contribution in [0.5, 0.6) is 0 Å². The van der Waals surface area contributed by atoms with Crippen LogP contribution in [-0.4, -0.2) is 17.0 Å². The molecule has 5 heteroatoms. The number of nitrogens with zero attached hydrogens (tertiary/aromatic N) is 1. The summed E-state index contributed by atoms with van der Waals surface area (Å²) in [5.41, 5.74) is 1.42. The molecule has 92 valence electrons. The Morgan fingerprint density at radius 3 is 2.41 bits per heavy atom. The topological polar surface area (TPSA) is 55.2 Å². The molecule has 2 aliphatic heterocycles. The van der Waals surface area contributed by atoms with E-state index in [0.29, 0.717) is 18.0 Å². The number of fused-ring (bicyclic) bond motifs is 2. The molecule has 1 aromatic carbocycles. The largest absolute Gasteiger partial charge is 0.311 e. The summed E-state index contributed by atoms with van der Waals surface area (Å²) in [6.45, 7) is 0. The van der Waals surface area contributed by atoms with Crippen LogP contribution in [0, 0.1) is 10.1 Å². The average Bonchev–Trinajstić information content (AvgIpc) is 2.91. The van der Waals surface area contributed by atoms with Crippen LogP contribution in [0.4, 0.5) is 5.69 Å². The summed E-state index contributed by atoms with van der Waals surface area (Å²) >= 11 is 0. The molecule has 2 aliphatic rings. The van der Waals surface area contributed by atoms with E-state index in [2.05, 4.69) is 5.32 Å². The summed E-state index contributed by atoms with van der Waals surface area (Å²) in [6.07, 6.45) is 3.71. The molecule has 1 aromatic rings. The van der Waals surface area contributed by atoms with Crippen LogP contribution >= 0.6 is 12.4 Å². The molecule has 1 N–H and O–H groups in total. The average molecular weight is 255 g/mol. The monoisotopic (exact) mass is 254 g/mol. The van der Waals surface area contributed by atoms with Crippen molar-refractivity contribution in [2.45, 2.75) is 37.3 Å². The van der Waals surface area contributed by atoms with Gasteiger partial charge in [0.2, 0.25) is 0 Å². The Kier molecular flexibility index (Phi) is 3.35. The van der Waals surface area contributed by atoms with Crippen molar-refractivity contribution < 1.29 is 4.92 Å². The van der Waals surface area contributed by atoms with Crippen molar-refractivity contribution in [3.05, 3.63) is 39.9 Å². The van der Waals surface area contributed by atoms with Gasteiger partial charge in [-0.1, -0.05) is 12.1 Å². The molecule has 3 rings (SSSR count). The van der Waals surface area contributed by atoms with Crippen LogP contribution in [0.25, 0.3) is 0 Å².